The summed E-state index contributed by atoms with van der Waals surface area (Å²) in [6.45, 7) is 21.4. The van der Waals surface area contributed by atoms with Gasteiger partial charge in [0.2, 0.25) is 0 Å². The van der Waals surface area contributed by atoms with Crippen LogP contribution < -0.4 is 25.5 Å². The van der Waals surface area contributed by atoms with Gasteiger partial charge in [0.25, 0.3) is 0 Å². The predicted molar refractivity (Wildman–Crippen MR) is 192 cm³/mol. The Morgan fingerprint density at radius 3 is 0.490 bits per heavy atom. The molecule has 0 aromatic heterocycles. The van der Waals surface area contributed by atoms with E-state index in [2.05, 4.69) is 69.2 Å². The number of carbonyl (C=O) groups is 5. The molecular weight excluding hydrogens is 733 g/mol. The largest absolute Gasteiger partial charge is 5.00 e. The van der Waals surface area contributed by atoms with Gasteiger partial charge in [0, 0.05) is 29.8 Å². The zero-order chi connectivity index (χ0) is 39.9. The molecule has 10 nitrogen and oxygen atoms in total. The molecule has 0 N–H and O–H groups in total. The van der Waals surface area contributed by atoms with Gasteiger partial charge in [-0.1, -0.05) is 133 Å². The molecule has 0 heterocycles. The second-order valence-electron chi connectivity index (χ2n) is 15.1. The molecule has 0 aliphatic carbocycles. The van der Waals surface area contributed by atoms with Crippen LogP contribution in [0.2, 0.25) is 0 Å². The van der Waals surface area contributed by atoms with Gasteiger partial charge in [-0.05, 0) is 93.8 Å². The fourth-order valence-electron chi connectivity index (χ4n) is 4.11. The molecule has 0 amide bonds. The van der Waals surface area contributed by atoms with Crippen molar-refractivity contribution < 1.29 is 71.9 Å². The Labute approximate surface area is 327 Å². The van der Waals surface area contributed by atoms with Crippen LogP contribution >= 0.6 is 0 Å². The Balaban J connectivity index is -0.000000123. The molecule has 0 rings (SSSR count). The minimum atomic E-state index is -0.927. The predicted octanol–water partition coefficient (Wildman–Crippen LogP) is 4.76. The van der Waals surface area contributed by atoms with Crippen molar-refractivity contribution in [3.05, 3.63) is 0 Å². The molecule has 0 saturated carbocycles. The topological polar surface area (TPSA) is 201 Å². The second-order valence-corrected chi connectivity index (χ2v) is 15.1. The van der Waals surface area contributed by atoms with E-state index >= 15 is 0 Å². The van der Waals surface area contributed by atoms with Gasteiger partial charge in [0.15, 0.2) is 0 Å². The molecule has 0 aromatic carbocycles. The molecule has 0 fully saturated rings. The first-order valence-electron chi connectivity index (χ1n) is 19.1. The zero-order valence-corrected chi connectivity index (χ0v) is 36.3. The van der Waals surface area contributed by atoms with Crippen molar-refractivity contribution in [1.29, 1.82) is 0 Å². The van der Waals surface area contributed by atoms with Crippen molar-refractivity contribution in [1.82, 2.24) is 0 Å². The van der Waals surface area contributed by atoms with Crippen molar-refractivity contribution >= 4 is 29.8 Å². The summed E-state index contributed by atoms with van der Waals surface area (Å²) in [5.41, 5.74) is 0. The van der Waals surface area contributed by atoms with Crippen LogP contribution in [0.3, 0.4) is 0 Å². The zero-order valence-electron chi connectivity index (χ0n) is 34.1. The first-order valence-corrected chi connectivity index (χ1v) is 19.1. The Morgan fingerprint density at radius 1 is 0.294 bits per heavy atom. The van der Waals surface area contributed by atoms with Crippen molar-refractivity contribution in [2.45, 2.75) is 198 Å². The summed E-state index contributed by atoms with van der Waals surface area (Å²) < 4.78 is 0. The Bertz CT molecular complexity index is 645. The summed E-state index contributed by atoms with van der Waals surface area (Å²) in [5, 5.41) is 49.7. The summed E-state index contributed by atoms with van der Waals surface area (Å²) in [7, 11) is 0. The molecule has 0 radical (unpaired) electrons. The number of carboxylic acid groups (broad SMARTS) is 5. The molecule has 300 valence electrons. The smallest absolute Gasteiger partial charge is 0.550 e. The minimum Gasteiger partial charge on any atom is -0.550 e. The SMILES string of the molecule is CC(C)CCCCC(=O)[O-].CC(C)CCCCC(=O)[O-].CC(C)CCCCC(=O)[O-].CC(C)CCCCC(=O)[O-].CC(C)CCCCC(=O)[O-].[Nb+5]. The molecular formula is C40H75NbO10. The van der Waals surface area contributed by atoms with E-state index < -0.39 is 29.8 Å². The number of unbranched alkanes of at least 4 members (excludes halogenated alkanes) is 5. The van der Waals surface area contributed by atoms with Crippen LogP contribution in [0.25, 0.3) is 0 Å². The fourth-order valence-corrected chi connectivity index (χ4v) is 4.11. The number of rotatable bonds is 25. The maximum absolute atomic E-state index is 9.93. The fraction of sp³-hybridized carbons (Fsp3) is 0.875. The first kappa shape index (κ1) is 61.1. The van der Waals surface area contributed by atoms with Crippen LogP contribution in [0, 0.1) is 29.6 Å². The Hall–Kier alpha value is -1.91. The normalized spacial score (nSPS) is 10.1. The Morgan fingerprint density at radius 2 is 0.412 bits per heavy atom. The van der Waals surface area contributed by atoms with Gasteiger partial charge < -0.3 is 49.5 Å². The third kappa shape index (κ3) is 93.3. The van der Waals surface area contributed by atoms with Crippen LogP contribution in [-0.4, -0.2) is 29.8 Å². The molecule has 51 heavy (non-hydrogen) atoms. The van der Waals surface area contributed by atoms with Crippen LogP contribution in [0.15, 0.2) is 0 Å². The molecule has 0 atom stereocenters. The Kier molecular flexibility index (Phi) is 55.3. The maximum atomic E-state index is 9.93. The number of aliphatic carboxylic acids is 5. The van der Waals surface area contributed by atoms with E-state index in [0.717, 1.165) is 96.3 Å². The number of carboxylic acids is 5. The molecule has 0 unspecified atom stereocenters. The van der Waals surface area contributed by atoms with Crippen molar-refractivity contribution in [2.75, 3.05) is 0 Å². The van der Waals surface area contributed by atoms with Crippen LogP contribution in [0.4, 0.5) is 0 Å². The van der Waals surface area contributed by atoms with Gasteiger partial charge in [0.1, 0.15) is 0 Å². The average molecular weight is 809 g/mol. The quantitative estimate of drug-likeness (QED) is 0.0915. The maximum Gasteiger partial charge on any atom is 5.00 e. The summed E-state index contributed by atoms with van der Waals surface area (Å²) in [5.74, 6) is -1.22. The van der Waals surface area contributed by atoms with Crippen LogP contribution in [0.5, 0.6) is 0 Å². The third-order valence-electron chi connectivity index (χ3n) is 7.06. The molecule has 0 spiro atoms. The second kappa shape index (κ2) is 46.1. The molecule has 11 heteroatoms. The van der Waals surface area contributed by atoms with E-state index in [1.54, 1.807) is 0 Å². The van der Waals surface area contributed by atoms with Crippen molar-refractivity contribution in [3.63, 3.8) is 0 Å². The van der Waals surface area contributed by atoms with Crippen molar-refractivity contribution in [2.24, 2.45) is 29.6 Å². The van der Waals surface area contributed by atoms with Gasteiger partial charge in [-0.3, -0.25) is 0 Å². The van der Waals surface area contributed by atoms with E-state index in [-0.39, 0.29) is 54.5 Å². The average Bonchev–Trinajstić information content (AvgIpc) is 2.97. The van der Waals surface area contributed by atoms with Gasteiger partial charge in [-0.15, -0.1) is 0 Å². The summed E-state index contributed by atoms with van der Waals surface area (Å²) in [6, 6.07) is 0. The van der Waals surface area contributed by atoms with E-state index in [0.29, 0.717) is 29.6 Å². The standard InChI is InChI=1S/5C8H16O2.Nb/c5*1-7(2)5-3-4-6-8(9)10;/h5*7H,3-6H2,1-2H3,(H,9,10);/q;;;;;+5/p-5. The van der Waals surface area contributed by atoms with Gasteiger partial charge >= 0.3 is 22.4 Å². The molecule has 0 aliphatic heterocycles. The van der Waals surface area contributed by atoms with Crippen molar-refractivity contribution in [3.8, 4) is 0 Å². The summed E-state index contributed by atoms with van der Waals surface area (Å²) >= 11 is 0. The molecule has 0 saturated heterocycles. The number of carbonyl (C=O) groups excluding carboxylic acids is 5. The van der Waals surface area contributed by atoms with Crippen LogP contribution in [-0.2, 0) is 46.4 Å². The van der Waals surface area contributed by atoms with E-state index in [1.165, 1.54) is 0 Å². The molecule has 0 aliphatic rings. The summed E-state index contributed by atoms with van der Waals surface area (Å²) in [4.78, 5) is 49.7. The van der Waals surface area contributed by atoms with Gasteiger partial charge in [-0.2, -0.15) is 0 Å². The third-order valence-corrected chi connectivity index (χ3v) is 7.06. The summed E-state index contributed by atoms with van der Waals surface area (Å²) in [6.07, 6.45) is 15.5. The first-order chi connectivity index (χ1) is 23.1. The van der Waals surface area contributed by atoms with Gasteiger partial charge in [-0.25, -0.2) is 0 Å². The van der Waals surface area contributed by atoms with Crippen LogP contribution in [0.1, 0.15) is 198 Å². The minimum absolute atomic E-state index is 0. The van der Waals surface area contributed by atoms with E-state index in [1.807, 2.05) is 0 Å². The van der Waals surface area contributed by atoms with E-state index in [9.17, 15) is 49.5 Å². The number of hydrogen-bond donors (Lipinski definition) is 0. The van der Waals surface area contributed by atoms with E-state index in [4.69, 9.17) is 0 Å². The van der Waals surface area contributed by atoms with Gasteiger partial charge in [0.05, 0.1) is 0 Å². The molecule has 0 bridgehead atoms. The monoisotopic (exact) mass is 808 g/mol. The molecule has 0 aromatic rings. The number of hydrogen-bond acceptors (Lipinski definition) is 10.